The molecule has 0 aliphatic rings. The third-order valence-electron chi connectivity index (χ3n) is 8.62. The zero-order chi connectivity index (χ0) is 28.3. The van der Waals surface area contributed by atoms with Crippen LogP contribution in [0.25, 0.3) is 0 Å². The summed E-state index contributed by atoms with van der Waals surface area (Å²) < 4.78 is 5.35. The Hall–Kier alpha value is -2.35. The van der Waals surface area contributed by atoms with Gasteiger partial charge >= 0.3 is 0 Å². The summed E-state index contributed by atoms with van der Waals surface area (Å²) in [5.41, 5.74) is 4.39. The van der Waals surface area contributed by atoms with Gasteiger partial charge in [-0.1, -0.05) is 152 Å². The standard InChI is InChI=1S/C38H59N2/c1-4-6-8-10-11-12-13-14-16-23-29-39-33-37(31-34(3)36-27-21-18-22-28-36)40(30-24-15-9-7-5-2)38(39)32-35-25-19-17-20-26-35/h17-22,25-28,33-34H,4-16,23-24,29-32H2,1-3H3/q+1. The van der Waals surface area contributed by atoms with Gasteiger partial charge in [0.05, 0.1) is 19.5 Å². The Morgan fingerprint density at radius 3 is 1.75 bits per heavy atom. The number of nitrogens with zero attached hydrogens (tertiary/aromatic N) is 2. The molecule has 0 saturated heterocycles. The van der Waals surface area contributed by atoms with Crippen molar-refractivity contribution in [2.45, 2.75) is 149 Å². The van der Waals surface area contributed by atoms with Gasteiger partial charge in [-0.15, -0.1) is 0 Å². The average molecular weight is 544 g/mol. The number of imidazole rings is 1. The molecule has 0 spiro atoms. The van der Waals surface area contributed by atoms with Crippen molar-refractivity contribution in [2.75, 3.05) is 0 Å². The van der Waals surface area contributed by atoms with Gasteiger partial charge in [-0.05, 0) is 42.7 Å². The van der Waals surface area contributed by atoms with Crippen LogP contribution >= 0.6 is 0 Å². The Morgan fingerprint density at radius 1 is 0.625 bits per heavy atom. The van der Waals surface area contributed by atoms with Gasteiger partial charge in [0.1, 0.15) is 11.9 Å². The number of rotatable bonds is 22. The van der Waals surface area contributed by atoms with Crippen molar-refractivity contribution in [1.82, 2.24) is 4.57 Å². The van der Waals surface area contributed by atoms with Crippen LogP contribution in [0.4, 0.5) is 0 Å². The largest absolute Gasteiger partial charge is 0.261 e. The Bertz CT molecular complexity index is 1020. The number of hydrogen-bond donors (Lipinski definition) is 0. The maximum absolute atomic E-state index is 2.72. The maximum Gasteiger partial charge on any atom is 0.261 e. The van der Waals surface area contributed by atoms with Crippen molar-refractivity contribution in [3.8, 4) is 0 Å². The molecule has 0 N–H and O–H groups in total. The molecule has 1 unspecified atom stereocenters. The predicted molar refractivity (Wildman–Crippen MR) is 173 cm³/mol. The molecule has 3 aromatic rings. The highest BCUT2D eigenvalue weighted by Crippen LogP contribution is 2.21. The molecule has 0 saturated carbocycles. The van der Waals surface area contributed by atoms with Gasteiger partial charge in [-0.2, -0.15) is 0 Å². The Morgan fingerprint density at radius 2 is 1.15 bits per heavy atom. The molecule has 1 atom stereocenters. The van der Waals surface area contributed by atoms with Crippen LogP contribution < -0.4 is 4.57 Å². The van der Waals surface area contributed by atoms with E-state index in [-0.39, 0.29) is 0 Å². The fraction of sp³-hybridized carbons (Fsp3) is 0.605. The van der Waals surface area contributed by atoms with E-state index in [1.165, 1.54) is 119 Å². The molecule has 0 bridgehead atoms. The SMILES string of the molecule is CCCCCCCCCCCCn1cc(CC(C)c2ccccc2)[n+](CCCCCCC)c1Cc1ccccc1. The van der Waals surface area contributed by atoms with Gasteiger partial charge in [0, 0.05) is 6.42 Å². The van der Waals surface area contributed by atoms with E-state index in [1.54, 1.807) is 0 Å². The minimum absolute atomic E-state index is 0.519. The second-order valence-electron chi connectivity index (χ2n) is 12.2. The first-order chi connectivity index (χ1) is 19.7. The highest BCUT2D eigenvalue weighted by molar-refractivity contribution is 5.21. The summed E-state index contributed by atoms with van der Waals surface area (Å²) >= 11 is 0. The van der Waals surface area contributed by atoms with E-state index in [9.17, 15) is 0 Å². The lowest BCUT2D eigenvalue weighted by Gasteiger charge is -2.12. The maximum atomic E-state index is 2.72. The van der Waals surface area contributed by atoms with Crippen molar-refractivity contribution >= 4 is 0 Å². The van der Waals surface area contributed by atoms with E-state index in [4.69, 9.17) is 0 Å². The number of hydrogen-bond acceptors (Lipinski definition) is 0. The van der Waals surface area contributed by atoms with Gasteiger partial charge in [0.15, 0.2) is 0 Å². The van der Waals surface area contributed by atoms with Crippen LogP contribution in [-0.2, 0) is 25.9 Å². The molecule has 2 heteroatoms. The molecule has 2 nitrogen and oxygen atoms in total. The smallest absolute Gasteiger partial charge is 0.234 e. The Balaban J connectivity index is 1.70. The first-order valence-electron chi connectivity index (χ1n) is 16.9. The predicted octanol–water partition coefficient (Wildman–Crippen LogP) is 10.6. The van der Waals surface area contributed by atoms with Crippen LogP contribution in [0, 0.1) is 0 Å². The van der Waals surface area contributed by atoms with Gasteiger partial charge in [-0.25, -0.2) is 9.13 Å². The van der Waals surface area contributed by atoms with Crippen molar-refractivity contribution in [3.05, 3.63) is 89.5 Å². The summed E-state index contributed by atoms with van der Waals surface area (Å²) in [6.07, 6.45) is 25.2. The molecule has 0 fully saturated rings. The average Bonchev–Trinajstić information content (AvgIpc) is 3.29. The molecule has 0 aliphatic carbocycles. The quantitative estimate of drug-likeness (QED) is 0.0880. The summed E-state index contributed by atoms with van der Waals surface area (Å²) in [6.45, 7) is 9.31. The molecule has 1 heterocycles. The summed E-state index contributed by atoms with van der Waals surface area (Å²) in [5, 5.41) is 0. The van der Waals surface area contributed by atoms with Crippen molar-refractivity contribution in [3.63, 3.8) is 0 Å². The molecule has 0 aliphatic heterocycles. The van der Waals surface area contributed by atoms with E-state index >= 15 is 0 Å². The molecular weight excluding hydrogens is 484 g/mol. The molecule has 220 valence electrons. The minimum atomic E-state index is 0.519. The van der Waals surface area contributed by atoms with Crippen LogP contribution in [0.1, 0.15) is 146 Å². The molecule has 0 radical (unpaired) electrons. The molecule has 3 rings (SSSR count). The topological polar surface area (TPSA) is 8.81 Å². The van der Waals surface area contributed by atoms with Crippen molar-refractivity contribution in [2.24, 2.45) is 0 Å². The zero-order valence-corrected chi connectivity index (χ0v) is 26.3. The van der Waals surface area contributed by atoms with Gasteiger partial charge in [0.25, 0.3) is 5.82 Å². The van der Waals surface area contributed by atoms with Crippen molar-refractivity contribution in [1.29, 1.82) is 0 Å². The van der Waals surface area contributed by atoms with E-state index < -0.39 is 0 Å². The molecule has 1 aromatic heterocycles. The third-order valence-corrected chi connectivity index (χ3v) is 8.62. The van der Waals surface area contributed by atoms with E-state index in [0.29, 0.717) is 5.92 Å². The Kier molecular flexibility index (Phi) is 15.8. The lowest BCUT2D eigenvalue weighted by molar-refractivity contribution is -0.710. The summed E-state index contributed by atoms with van der Waals surface area (Å²) in [7, 11) is 0. The fourth-order valence-corrected chi connectivity index (χ4v) is 6.11. The van der Waals surface area contributed by atoms with Gasteiger partial charge in [-0.3, -0.25) is 0 Å². The van der Waals surface area contributed by atoms with Gasteiger partial charge in [0.2, 0.25) is 0 Å². The van der Waals surface area contributed by atoms with Crippen LogP contribution in [-0.4, -0.2) is 4.57 Å². The monoisotopic (exact) mass is 543 g/mol. The van der Waals surface area contributed by atoms with Crippen LogP contribution in [0.5, 0.6) is 0 Å². The first kappa shape index (κ1) is 32.2. The van der Waals surface area contributed by atoms with Crippen molar-refractivity contribution < 1.29 is 4.57 Å². The first-order valence-corrected chi connectivity index (χ1v) is 16.9. The second-order valence-corrected chi connectivity index (χ2v) is 12.2. The van der Waals surface area contributed by atoms with Crippen LogP contribution in [0.3, 0.4) is 0 Å². The number of benzene rings is 2. The van der Waals surface area contributed by atoms with Crippen LogP contribution in [0.2, 0.25) is 0 Å². The summed E-state index contributed by atoms with van der Waals surface area (Å²) in [6, 6.07) is 22.2. The minimum Gasteiger partial charge on any atom is -0.234 e. The zero-order valence-electron chi connectivity index (χ0n) is 26.3. The lowest BCUT2D eigenvalue weighted by Crippen LogP contribution is -2.41. The third kappa shape index (κ3) is 11.6. The van der Waals surface area contributed by atoms with E-state index in [1.807, 2.05) is 0 Å². The van der Waals surface area contributed by atoms with Gasteiger partial charge < -0.3 is 0 Å². The summed E-state index contributed by atoms with van der Waals surface area (Å²) in [5.74, 6) is 2.03. The van der Waals surface area contributed by atoms with E-state index in [2.05, 4.69) is 96.8 Å². The number of unbranched alkanes of at least 4 members (excludes halogenated alkanes) is 13. The summed E-state index contributed by atoms with van der Waals surface area (Å²) in [4.78, 5) is 0. The molecule has 40 heavy (non-hydrogen) atoms. The fourth-order valence-electron chi connectivity index (χ4n) is 6.11. The lowest BCUT2D eigenvalue weighted by atomic mass is 9.96. The molecule has 0 amide bonds. The molecular formula is C38H59N2+. The van der Waals surface area contributed by atoms with E-state index in [0.717, 1.165) is 25.9 Å². The highest BCUT2D eigenvalue weighted by atomic mass is 15.2. The van der Waals surface area contributed by atoms with Crippen LogP contribution in [0.15, 0.2) is 66.9 Å². The number of aryl methyl sites for hydroxylation is 1. The number of aromatic nitrogens is 2. The normalized spacial score (nSPS) is 12.2. The Labute approximate surface area is 247 Å². The second kappa shape index (κ2) is 19.7. The highest BCUT2D eigenvalue weighted by Gasteiger charge is 2.25. The molecule has 2 aromatic carbocycles.